The van der Waals surface area contributed by atoms with Gasteiger partial charge in [-0.1, -0.05) is 48.0 Å². The molecule has 2 aliphatic rings. The number of hydrogen-bond acceptors (Lipinski definition) is 3. The second-order valence-electron chi connectivity index (χ2n) is 8.16. The van der Waals surface area contributed by atoms with Crippen molar-refractivity contribution in [3.63, 3.8) is 0 Å². The molecule has 2 aromatic rings. The number of rotatable bonds is 6. The van der Waals surface area contributed by atoms with Gasteiger partial charge in [-0.15, -0.1) is 0 Å². The lowest BCUT2D eigenvalue weighted by atomic mass is 10.0. The Morgan fingerprint density at radius 3 is 2.45 bits per heavy atom. The highest BCUT2D eigenvalue weighted by Crippen LogP contribution is 2.27. The van der Waals surface area contributed by atoms with Crippen LogP contribution < -0.4 is 10.2 Å². The van der Waals surface area contributed by atoms with Crippen molar-refractivity contribution in [1.82, 2.24) is 10.2 Å². The number of nitrogens with zero attached hydrogens (tertiary/aromatic N) is 2. The molecule has 4 rings (SSSR count). The van der Waals surface area contributed by atoms with Crippen molar-refractivity contribution in [2.24, 2.45) is 5.92 Å². The van der Waals surface area contributed by atoms with Crippen molar-refractivity contribution in [3.8, 4) is 0 Å². The van der Waals surface area contributed by atoms with E-state index < -0.39 is 0 Å². The summed E-state index contributed by atoms with van der Waals surface area (Å²) in [5.74, 6) is -0.293. The van der Waals surface area contributed by atoms with Gasteiger partial charge in [0.05, 0.1) is 12.0 Å². The summed E-state index contributed by atoms with van der Waals surface area (Å²) in [6.45, 7) is 5.26. The van der Waals surface area contributed by atoms with E-state index in [1.54, 1.807) is 4.90 Å². The standard InChI is InChI=1S/C24H29N3O2/c1-18-9-11-19(12-10-18)22(26-13-5-6-14-26)16-25-24(29)20-15-23(28)27(17-20)21-7-3-2-4-8-21/h2-4,7-12,20,22H,5-6,13-17H2,1H3,(H,25,29). The predicted octanol–water partition coefficient (Wildman–Crippen LogP) is 3.30. The van der Waals surface area contributed by atoms with E-state index in [-0.39, 0.29) is 30.2 Å². The molecule has 152 valence electrons. The minimum Gasteiger partial charge on any atom is -0.354 e. The lowest BCUT2D eigenvalue weighted by Gasteiger charge is -2.28. The molecule has 5 heteroatoms. The van der Waals surface area contributed by atoms with Crippen molar-refractivity contribution >= 4 is 17.5 Å². The number of nitrogens with one attached hydrogen (secondary N) is 1. The van der Waals surface area contributed by atoms with E-state index in [0.717, 1.165) is 18.8 Å². The monoisotopic (exact) mass is 391 g/mol. The quantitative estimate of drug-likeness (QED) is 0.822. The zero-order valence-corrected chi connectivity index (χ0v) is 17.0. The van der Waals surface area contributed by atoms with Gasteiger partial charge in [-0.25, -0.2) is 0 Å². The van der Waals surface area contributed by atoms with Gasteiger partial charge in [-0.05, 0) is 50.6 Å². The fraction of sp³-hybridized carbons (Fsp3) is 0.417. The first-order valence-electron chi connectivity index (χ1n) is 10.6. The fourth-order valence-corrected chi connectivity index (χ4v) is 4.38. The Morgan fingerprint density at radius 1 is 1.07 bits per heavy atom. The van der Waals surface area contributed by atoms with Crippen LogP contribution in [0.25, 0.3) is 0 Å². The van der Waals surface area contributed by atoms with Gasteiger partial charge in [-0.2, -0.15) is 0 Å². The minimum absolute atomic E-state index is 0.0194. The Labute approximate surface area is 172 Å². The van der Waals surface area contributed by atoms with Crippen LogP contribution in [0.4, 0.5) is 5.69 Å². The summed E-state index contributed by atoms with van der Waals surface area (Å²) in [7, 11) is 0. The van der Waals surface area contributed by atoms with Crippen LogP contribution in [0.2, 0.25) is 0 Å². The molecule has 0 saturated carbocycles. The maximum Gasteiger partial charge on any atom is 0.227 e. The fourth-order valence-electron chi connectivity index (χ4n) is 4.38. The number of hydrogen-bond donors (Lipinski definition) is 1. The van der Waals surface area contributed by atoms with Gasteiger partial charge in [0, 0.05) is 25.2 Å². The van der Waals surface area contributed by atoms with E-state index in [1.807, 2.05) is 30.3 Å². The number of carbonyl (C=O) groups excluding carboxylic acids is 2. The molecule has 2 atom stereocenters. The van der Waals surface area contributed by atoms with Crippen LogP contribution in [0.5, 0.6) is 0 Å². The maximum atomic E-state index is 12.9. The number of benzene rings is 2. The summed E-state index contributed by atoms with van der Waals surface area (Å²) < 4.78 is 0. The molecule has 2 aliphatic heterocycles. The lowest BCUT2D eigenvalue weighted by molar-refractivity contribution is -0.126. The van der Waals surface area contributed by atoms with Crippen molar-refractivity contribution in [1.29, 1.82) is 0 Å². The molecule has 1 N–H and O–H groups in total. The van der Waals surface area contributed by atoms with Gasteiger partial charge >= 0.3 is 0 Å². The molecule has 0 spiro atoms. The Kier molecular flexibility index (Phi) is 5.95. The van der Waals surface area contributed by atoms with E-state index in [4.69, 9.17) is 0 Å². The number of aryl methyl sites for hydroxylation is 1. The molecule has 0 aliphatic carbocycles. The molecular weight excluding hydrogens is 362 g/mol. The number of anilines is 1. The molecule has 0 aromatic heterocycles. The van der Waals surface area contributed by atoms with E-state index in [0.29, 0.717) is 13.1 Å². The Bertz CT molecular complexity index is 844. The highest BCUT2D eigenvalue weighted by Gasteiger charge is 2.35. The van der Waals surface area contributed by atoms with Gasteiger partial charge in [0.25, 0.3) is 0 Å². The molecule has 0 radical (unpaired) electrons. The normalized spacial score (nSPS) is 20.8. The average Bonchev–Trinajstić information content (AvgIpc) is 3.40. The summed E-state index contributed by atoms with van der Waals surface area (Å²) in [6, 6.07) is 18.4. The molecule has 2 fully saturated rings. The van der Waals surface area contributed by atoms with E-state index in [9.17, 15) is 9.59 Å². The van der Waals surface area contributed by atoms with Crippen molar-refractivity contribution in [2.45, 2.75) is 32.2 Å². The maximum absolute atomic E-state index is 12.9. The predicted molar refractivity (Wildman–Crippen MR) is 115 cm³/mol. The molecule has 2 unspecified atom stereocenters. The van der Waals surface area contributed by atoms with Gasteiger partial charge in [-0.3, -0.25) is 14.5 Å². The number of amides is 2. The summed E-state index contributed by atoms with van der Waals surface area (Å²) >= 11 is 0. The van der Waals surface area contributed by atoms with E-state index in [1.165, 1.54) is 24.0 Å². The number of carbonyl (C=O) groups is 2. The molecule has 2 amide bonds. The highest BCUT2D eigenvalue weighted by atomic mass is 16.2. The Hall–Kier alpha value is -2.66. The lowest BCUT2D eigenvalue weighted by Crippen LogP contribution is -2.40. The van der Waals surface area contributed by atoms with Crippen LogP contribution in [-0.4, -0.2) is 42.9 Å². The molecule has 2 heterocycles. The third kappa shape index (κ3) is 4.51. The van der Waals surface area contributed by atoms with E-state index in [2.05, 4.69) is 41.4 Å². The number of likely N-dealkylation sites (tertiary alicyclic amines) is 1. The smallest absolute Gasteiger partial charge is 0.227 e. The van der Waals surface area contributed by atoms with Crippen LogP contribution in [0.1, 0.15) is 36.4 Å². The minimum atomic E-state index is -0.292. The first kappa shape index (κ1) is 19.6. The first-order valence-corrected chi connectivity index (χ1v) is 10.6. The van der Waals surface area contributed by atoms with Crippen molar-refractivity contribution in [3.05, 3.63) is 65.7 Å². The van der Waals surface area contributed by atoms with Crippen LogP contribution >= 0.6 is 0 Å². The summed E-state index contributed by atoms with van der Waals surface area (Å²) in [5, 5.41) is 3.15. The molecular formula is C24H29N3O2. The molecule has 5 nitrogen and oxygen atoms in total. The van der Waals surface area contributed by atoms with Crippen LogP contribution in [-0.2, 0) is 9.59 Å². The number of para-hydroxylation sites is 1. The largest absolute Gasteiger partial charge is 0.354 e. The van der Waals surface area contributed by atoms with Crippen LogP contribution in [0.3, 0.4) is 0 Å². The second kappa shape index (κ2) is 8.78. The van der Waals surface area contributed by atoms with Gasteiger partial charge in [0.1, 0.15) is 0 Å². The van der Waals surface area contributed by atoms with E-state index >= 15 is 0 Å². The molecule has 29 heavy (non-hydrogen) atoms. The first-order chi connectivity index (χ1) is 14.1. The summed E-state index contributed by atoms with van der Waals surface area (Å²) in [4.78, 5) is 29.5. The average molecular weight is 392 g/mol. The highest BCUT2D eigenvalue weighted by molar-refractivity contribution is 6.00. The second-order valence-corrected chi connectivity index (χ2v) is 8.16. The zero-order valence-electron chi connectivity index (χ0n) is 17.0. The Morgan fingerprint density at radius 2 is 1.76 bits per heavy atom. The van der Waals surface area contributed by atoms with Gasteiger partial charge in [0.2, 0.25) is 11.8 Å². The van der Waals surface area contributed by atoms with Crippen LogP contribution in [0.15, 0.2) is 54.6 Å². The van der Waals surface area contributed by atoms with Crippen molar-refractivity contribution in [2.75, 3.05) is 31.1 Å². The van der Waals surface area contributed by atoms with Crippen molar-refractivity contribution < 1.29 is 9.59 Å². The van der Waals surface area contributed by atoms with Crippen LogP contribution in [0, 0.1) is 12.8 Å². The summed E-state index contributed by atoms with van der Waals surface area (Å²) in [6.07, 6.45) is 2.69. The SMILES string of the molecule is Cc1ccc(C(CNC(=O)C2CC(=O)N(c3ccccc3)C2)N2CCCC2)cc1. The third-order valence-corrected chi connectivity index (χ3v) is 6.08. The summed E-state index contributed by atoms with van der Waals surface area (Å²) in [5.41, 5.74) is 3.34. The van der Waals surface area contributed by atoms with Gasteiger partial charge in [0.15, 0.2) is 0 Å². The van der Waals surface area contributed by atoms with Gasteiger partial charge < -0.3 is 10.2 Å². The molecule has 2 aromatic carbocycles. The zero-order chi connectivity index (χ0) is 20.2. The Balaban J connectivity index is 1.40. The molecule has 2 saturated heterocycles. The topological polar surface area (TPSA) is 52.7 Å². The molecule has 0 bridgehead atoms. The third-order valence-electron chi connectivity index (χ3n) is 6.08.